The molecule has 0 unspecified atom stereocenters. The van der Waals surface area contributed by atoms with Crippen LogP contribution in [0.5, 0.6) is 0 Å². The van der Waals surface area contributed by atoms with E-state index < -0.39 is 0 Å². The minimum atomic E-state index is -0.188. The highest BCUT2D eigenvalue weighted by Crippen LogP contribution is 2.18. The molecule has 1 aromatic carbocycles. The van der Waals surface area contributed by atoms with Crippen LogP contribution in [0.4, 0.5) is 5.69 Å². The van der Waals surface area contributed by atoms with Crippen molar-refractivity contribution in [3.8, 4) is 0 Å². The lowest BCUT2D eigenvalue weighted by Gasteiger charge is -2.05. The van der Waals surface area contributed by atoms with Crippen molar-refractivity contribution in [2.24, 2.45) is 0 Å². The number of hydrogen-bond donors (Lipinski definition) is 1. The first kappa shape index (κ1) is 12.3. The quantitative estimate of drug-likeness (QED) is 0.774. The molecular weight excluding hydrogens is 254 g/mol. The van der Waals surface area contributed by atoms with Gasteiger partial charge in [0.1, 0.15) is 5.52 Å². The van der Waals surface area contributed by atoms with Crippen molar-refractivity contribution in [3.05, 3.63) is 53.7 Å². The van der Waals surface area contributed by atoms with E-state index in [0.29, 0.717) is 17.0 Å². The van der Waals surface area contributed by atoms with E-state index in [-0.39, 0.29) is 5.91 Å². The monoisotopic (exact) mass is 267 g/mol. The summed E-state index contributed by atoms with van der Waals surface area (Å²) in [5.74, 6) is 0.397. The molecule has 100 valence electrons. The van der Waals surface area contributed by atoms with Crippen molar-refractivity contribution in [1.82, 2.24) is 9.97 Å². The molecule has 0 aliphatic heterocycles. The summed E-state index contributed by atoms with van der Waals surface area (Å²) in [6.07, 6.45) is 1.66. The molecule has 0 fully saturated rings. The van der Waals surface area contributed by atoms with Crippen LogP contribution < -0.4 is 5.32 Å². The van der Waals surface area contributed by atoms with Gasteiger partial charge in [0.25, 0.3) is 5.91 Å². The average molecular weight is 267 g/mol. The number of rotatable bonds is 2. The Morgan fingerprint density at radius 2 is 2.05 bits per heavy atom. The average Bonchev–Trinajstić information content (AvgIpc) is 2.77. The molecule has 20 heavy (non-hydrogen) atoms. The normalized spacial score (nSPS) is 10.7. The molecule has 2 heterocycles. The number of anilines is 1. The Hall–Kier alpha value is -2.69. The number of benzene rings is 1. The van der Waals surface area contributed by atoms with Crippen molar-refractivity contribution in [2.45, 2.75) is 13.8 Å². The number of carbonyl (C=O) groups excluding carboxylic acids is 1. The van der Waals surface area contributed by atoms with E-state index in [9.17, 15) is 4.79 Å². The van der Waals surface area contributed by atoms with Crippen molar-refractivity contribution in [1.29, 1.82) is 0 Å². The molecule has 5 nitrogen and oxygen atoms in total. The van der Waals surface area contributed by atoms with Gasteiger partial charge in [-0.1, -0.05) is 0 Å². The molecule has 0 saturated carbocycles. The van der Waals surface area contributed by atoms with Crippen LogP contribution in [-0.2, 0) is 0 Å². The van der Waals surface area contributed by atoms with Gasteiger partial charge in [-0.05, 0) is 37.3 Å². The fourth-order valence-electron chi connectivity index (χ4n) is 2.01. The second kappa shape index (κ2) is 4.77. The van der Waals surface area contributed by atoms with Crippen LogP contribution in [0.1, 0.15) is 21.9 Å². The van der Waals surface area contributed by atoms with Crippen molar-refractivity contribution >= 4 is 22.7 Å². The highest BCUT2D eigenvalue weighted by molar-refractivity contribution is 6.05. The number of nitrogens with zero attached hydrogens (tertiary/aromatic N) is 2. The Morgan fingerprint density at radius 3 is 2.85 bits per heavy atom. The fraction of sp³-hybridized carbons (Fsp3) is 0.133. The molecule has 0 atom stereocenters. The molecule has 0 bridgehead atoms. The largest absolute Gasteiger partial charge is 0.441 e. The van der Waals surface area contributed by atoms with Crippen LogP contribution in [0, 0.1) is 13.8 Å². The summed E-state index contributed by atoms with van der Waals surface area (Å²) >= 11 is 0. The van der Waals surface area contributed by atoms with Gasteiger partial charge in [0.05, 0.1) is 0 Å². The van der Waals surface area contributed by atoms with Gasteiger partial charge in [0, 0.05) is 30.1 Å². The molecule has 0 spiro atoms. The number of oxazole rings is 1. The van der Waals surface area contributed by atoms with Gasteiger partial charge >= 0.3 is 0 Å². The summed E-state index contributed by atoms with van der Waals surface area (Å²) in [4.78, 5) is 20.5. The van der Waals surface area contributed by atoms with Crippen LogP contribution in [-0.4, -0.2) is 15.9 Å². The molecule has 2 aromatic heterocycles. The zero-order valence-corrected chi connectivity index (χ0v) is 11.2. The molecule has 5 heteroatoms. The summed E-state index contributed by atoms with van der Waals surface area (Å²) < 4.78 is 5.43. The smallest absolute Gasteiger partial charge is 0.255 e. The third-order valence-electron chi connectivity index (χ3n) is 2.91. The van der Waals surface area contributed by atoms with E-state index in [1.807, 2.05) is 13.0 Å². The highest BCUT2D eigenvalue weighted by atomic mass is 16.3. The van der Waals surface area contributed by atoms with Gasteiger partial charge in [-0.2, -0.15) is 0 Å². The lowest BCUT2D eigenvalue weighted by molar-refractivity contribution is 0.102. The maximum Gasteiger partial charge on any atom is 0.255 e. The number of amides is 1. The van der Waals surface area contributed by atoms with Crippen LogP contribution in [0.3, 0.4) is 0 Å². The van der Waals surface area contributed by atoms with Gasteiger partial charge < -0.3 is 9.73 Å². The lowest BCUT2D eigenvalue weighted by Crippen LogP contribution is -2.11. The standard InChI is InChI=1S/C15H13N3O2/c1-9-7-12(5-6-16-9)18-15(19)11-3-4-13-14(8-11)20-10(2)17-13/h3-8H,1-2H3,(H,16,18,19). The van der Waals surface area contributed by atoms with E-state index in [1.54, 1.807) is 37.4 Å². The number of aryl methyl sites for hydroxylation is 2. The van der Waals surface area contributed by atoms with Gasteiger partial charge in [0.15, 0.2) is 11.5 Å². The summed E-state index contributed by atoms with van der Waals surface area (Å²) in [6, 6.07) is 8.77. The van der Waals surface area contributed by atoms with Gasteiger partial charge in [-0.3, -0.25) is 9.78 Å². The molecule has 0 aliphatic rings. The highest BCUT2D eigenvalue weighted by Gasteiger charge is 2.10. The second-order valence-corrected chi connectivity index (χ2v) is 4.56. The molecule has 0 saturated heterocycles. The topological polar surface area (TPSA) is 68.0 Å². The number of pyridine rings is 1. The predicted octanol–water partition coefficient (Wildman–Crippen LogP) is 3.09. The number of nitrogens with one attached hydrogen (secondary N) is 1. The zero-order chi connectivity index (χ0) is 14.1. The minimum absolute atomic E-state index is 0.188. The summed E-state index contributed by atoms with van der Waals surface area (Å²) in [7, 11) is 0. The predicted molar refractivity (Wildman–Crippen MR) is 75.7 cm³/mol. The first-order valence-electron chi connectivity index (χ1n) is 6.23. The molecule has 1 amide bonds. The van der Waals surface area contributed by atoms with Crippen LogP contribution in [0.15, 0.2) is 40.9 Å². The van der Waals surface area contributed by atoms with Crippen LogP contribution in [0.2, 0.25) is 0 Å². The maximum absolute atomic E-state index is 12.2. The fourth-order valence-corrected chi connectivity index (χ4v) is 2.01. The third kappa shape index (κ3) is 2.38. The number of fused-ring (bicyclic) bond motifs is 1. The minimum Gasteiger partial charge on any atom is -0.441 e. The number of aromatic nitrogens is 2. The van der Waals surface area contributed by atoms with Gasteiger partial charge in [-0.15, -0.1) is 0 Å². The van der Waals surface area contributed by atoms with Crippen molar-refractivity contribution in [2.75, 3.05) is 5.32 Å². The molecule has 3 aromatic rings. The number of carbonyl (C=O) groups is 1. The van der Waals surface area contributed by atoms with Gasteiger partial charge in [0.2, 0.25) is 0 Å². The van der Waals surface area contributed by atoms with E-state index in [2.05, 4.69) is 15.3 Å². The Balaban J connectivity index is 1.88. The Kier molecular flexibility index (Phi) is 2.95. The van der Waals surface area contributed by atoms with E-state index in [4.69, 9.17) is 4.42 Å². The van der Waals surface area contributed by atoms with E-state index >= 15 is 0 Å². The number of hydrogen-bond acceptors (Lipinski definition) is 4. The maximum atomic E-state index is 12.2. The third-order valence-corrected chi connectivity index (χ3v) is 2.91. The first-order valence-corrected chi connectivity index (χ1v) is 6.23. The Labute approximate surface area is 115 Å². The molecule has 1 N–H and O–H groups in total. The second-order valence-electron chi connectivity index (χ2n) is 4.56. The SMILES string of the molecule is Cc1cc(NC(=O)c2ccc3nc(C)oc3c2)ccn1. The first-order chi connectivity index (χ1) is 9.61. The molecule has 3 rings (SSSR count). The zero-order valence-electron chi connectivity index (χ0n) is 11.2. The van der Waals surface area contributed by atoms with Gasteiger partial charge in [-0.25, -0.2) is 4.98 Å². The lowest BCUT2D eigenvalue weighted by atomic mass is 10.2. The van der Waals surface area contributed by atoms with E-state index in [1.165, 1.54) is 0 Å². The Bertz CT molecular complexity index is 793. The van der Waals surface area contributed by atoms with Crippen LogP contribution >= 0.6 is 0 Å². The van der Waals surface area contributed by atoms with E-state index in [0.717, 1.165) is 16.9 Å². The van der Waals surface area contributed by atoms with Crippen molar-refractivity contribution in [3.63, 3.8) is 0 Å². The summed E-state index contributed by atoms with van der Waals surface area (Å²) in [5.41, 5.74) is 3.46. The molecule has 0 radical (unpaired) electrons. The van der Waals surface area contributed by atoms with Crippen molar-refractivity contribution < 1.29 is 9.21 Å². The summed E-state index contributed by atoms with van der Waals surface area (Å²) in [6.45, 7) is 3.65. The molecule has 0 aliphatic carbocycles. The molecular formula is C15H13N3O2. The Morgan fingerprint density at radius 1 is 1.20 bits per heavy atom. The van der Waals surface area contributed by atoms with Crippen LogP contribution in [0.25, 0.3) is 11.1 Å². The summed E-state index contributed by atoms with van der Waals surface area (Å²) in [5, 5.41) is 2.83.